The molecule has 254 valence electrons. The number of alkyl halides is 3. The van der Waals surface area contributed by atoms with Crippen molar-refractivity contribution >= 4 is 41.0 Å². The number of piperazine rings is 1. The fraction of sp³-hybridized carbons (Fsp3) is 0.400. The number of nitrogens with one attached hydrogen (secondary N) is 1. The van der Waals surface area contributed by atoms with Gasteiger partial charge in [0.15, 0.2) is 0 Å². The molecule has 2 saturated heterocycles. The number of likely N-dealkylation sites (tertiary alicyclic amines) is 1. The van der Waals surface area contributed by atoms with E-state index in [1.165, 1.54) is 6.07 Å². The number of nitrogens with zero attached hydrogens (tertiary/aromatic N) is 4. The van der Waals surface area contributed by atoms with Crippen LogP contribution in [0.1, 0.15) is 54.1 Å². The summed E-state index contributed by atoms with van der Waals surface area (Å²) in [6, 6.07) is 16.1. The molecule has 0 radical (unpaired) electrons. The monoisotopic (exact) mass is 701 g/mol. The number of carbonyl (C=O) groups is 2. The van der Waals surface area contributed by atoms with Crippen LogP contribution in [0.4, 0.5) is 18.0 Å². The molecule has 8 nitrogen and oxygen atoms in total. The zero-order valence-corrected chi connectivity index (χ0v) is 27.9. The number of rotatable bonds is 7. The lowest BCUT2D eigenvalue weighted by Gasteiger charge is -2.39. The number of urea groups is 1. The van der Waals surface area contributed by atoms with E-state index in [0.717, 1.165) is 49.2 Å². The van der Waals surface area contributed by atoms with Gasteiger partial charge in [0.1, 0.15) is 17.6 Å². The molecule has 2 fully saturated rings. The van der Waals surface area contributed by atoms with Gasteiger partial charge in [-0.3, -0.25) is 19.6 Å². The van der Waals surface area contributed by atoms with Crippen LogP contribution in [-0.4, -0.2) is 78.3 Å². The Hall–Kier alpha value is -3.80. The van der Waals surface area contributed by atoms with Gasteiger partial charge in [-0.1, -0.05) is 47.5 Å². The summed E-state index contributed by atoms with van der Waals surface area (Å²) in [7, 11) is 0. The highest BCUT2D eigenvalue weighted by Gasteiger charge is 2.45. The summed E-state index contributed by atoms with van der Waals surface area (Å²) in [5.41, 5.74) is 0.964. The maximum atomic E-state index is 14.7. The fourth-order valence-corrected chi connectivity index (χ4v) is 6.94. The highest BCUT2D eigenvalue weighted by Crippen LogP contribution is 2.46. The molecule has 0 spiro atoms. The third-order valence-electron chi connectivity index (χ3n) is 9.06. The van der Waals surface area contributed by atoms with Crippen molar-refractivity contribution in [1.29, 1.82) is 0 Å². The minimum Gasteiger partial charge on any atom is -0.493 e. The van der Waals surface area contributed by atoms with Crippen LogP contribution >= 0.6 is 23.2 Å². The third-order valence-corrected chi connectivity index (χ3v) is 9.57. The molecule has 3 aromatic carbocycles. The summed E-state index contributed by atoms with van der Waals surface area (Å²) < 4.78 is 47.1. The molecule has 1 N–H and O–H groups in total. The first kappa shape index (κ1) is 34.1. The van der Waals surface area contributed by atoms with Crippen molar-refractivity contribution in [3.63, 3.8) is 0 Å². The summed E-state index contributed by atoms with van der Waals surface area (Å²) in [5.74, 6) is 0.547. The van der Waals surface area contributed by atoms with Crippen LogP contribution in [0.3, 0.4) is 0 Å². The Morgan fingerprint density at radius 2 is 1.60 bits per heavy atom. The molecule has 2 atom stereocenters. The highest BCUT2D eigenvalue weighted by atomic mass is 35.5. The van der Waals surface area contributed by atoms with Crippen LogP contribution in [0, 0.1) is 5.92 Å². The van der Waals surface area contributed by atoms with Gasteiger partial charge < -0.3 is 15.0 Å². The maximum Gasteiger partial charge on any atom is 0.416 e. The molecule has 3 aromatic rings. The number of ether oxygens (including phenoxy) is 1. The summed E-state index contributed by atoms with van der Waals surface area (Å²) in [5, 5.41) is 3.91. The van der Waals surface area contributed by atoms with Crippen molar-refractivity contribution in [2.24, 2.45) is 10.9 Å². The number of amidine groups is 1. The molecule has 13 heteroatoms. The molecule has 3 amide bonds. The van der Waals surface area contributed by atoms with E-state index in [9.17, 15) is 22.8 Å². The zero-order chi connectivity index (χ0) is 34.0. The zero-order valence-electron chi connectivity index (χ0n) is 26.4. The number of amides is 3. The van der Waals surface area contributed by atoms with Crippen molar-refractivity contribution in [3.05, 3.63) is 99.0 Å². The van der Waals surface area contributed by atoms with Crippen LogP contribution in [0.5, 0.6) is 5.75 Å². The SMILES string of the molecule is CCOc1cc(C(F)(F)F)ccc1C1=NC(c2ccc(Cl)cc2)C(c2ccc(Cl)cc2)N1C(=O)N1CCC(CN2CCNC(=O)C2)CC1. The molecule has 6 rings (SSSR count). The van der Waals surface area contributed by atoms with E-state index in [1.54, 1.807) is 41.0 Å². The molecule has 0 aromatic heterocycles. The number of piperidine rings is 1. The van der Waals surface area contributed by atoms with Gasteiger partial charge in [-0.05, 0) is 79.3 Å². The second kappa shape index (κ2) is 14.4. The van der Waals surface area contributed by atoms with Gasteiger partial charge in [-0.2, -0.15) is 13.2 Å². The lowest BCUT2D eigenvalue weighted by atomic mass is 9.93. The van der Waals surface area contributed by atoms with Crippen molar-refractivity contribution in [2.75, 3.05) is 45.9 Å². The number of hydrogen-bond acceptors (Lipinski definition) is 5. The minimum absolute atomic E-state index is 0.0141. The lowest BCUT2D eigenvalue weighted by Crippen LogP contribution is -2.52. The summed E-state index contributed by atoms with van der Waals surface area (Å²) in [6.07, 6.45) is -3.08. The number of carbonyl (C=O) groups excluding carboxylic acids is 2. The first-order valence-electron chi connectivity index (χ1n) is 16.0. The Labute approximate surface area is 287 Å². The number of hydrogen-bond donors (Lipinski definition) is 1. The van der Waals surface area contributed by atoms with Gasteiger partial charge in [0.05, 0.1) is 30.3 Å². The Morgan fingerprint density at radius 3 is 2.21 bits per heavy atom. The van der Waals surface area contributed by atoms with E-state index < -0.39 is 23.8 Å². The van der Waals surface area contributed by atoms with Gasteiger partial charge >= 0.3 is 12.2 Å². The lowest BCUT2D eigenvalue weighted by molar-refractivity contribution is -0.137. The fourth-order valence-electron chi connectivity index (χ4n) is 6.68. The quantitative estimate of drug-likeness (QED) is 0.282. The first-order chi connectivity index (χ1) is 23.0. The number of halogens is 5. The van der Waals surface area contributed by atoms with Crippen molar-refractivity contribution in [1.82, 2.24) is 20.0 Å². The summed E-state index contributed by atoms with van der Waals surface area (Å²) >= 11 is 12.5. The topological polar surface area (TPSA) is 77.5 Å². The molecule has 3 heterocycles. The maximum absolute atomic E-state index is 14.7. The molecule has 0 saturated carbocycles. The Bertz CT molecular complexity index is 1660. The third kappa shape index (κ3) is 7.43. The van der Waals surface area contributed by atoms with E-state index in [-0.39, 0.29) is 35.7 Å². The molecular weight excluding hydrogens is 666 g/mol. The predicted octanol–water partition coefficient (Wildman–Crippen LogP) is 7.22. The van der Waals surface area contributed by atoms with E-state index >= 15 is 0 Å². The van der Waals surface area contributed by atoms with Crippen LogP contribution < -0.4 is 10.1 Å². The molecule has 0 aliphatic carbocycles. The van der Waals surface area contributed by atoms with Crippen molar-refractivity contribution in [2.45, 2.75) is 38.0 Å². The van der Waals surface area contributed by atoms with Gasteiger partial charge in [-0.15, -0.1) is 0 Å². The number of benzene rings is 3. The standard InChI is InChI=1S/C35H36Cl2F3N5O3/c1-2-48-29-19-25(35(38,39)40)7-12-28(29)33-42-31(23-3-8-26(36)9-4-23)32(24-5-10-27(37)11-6-24)45(33)34(47)44-16-13-22(14-17-44)20-43-18-15-41-30(46)21-43/h3-12,19,22,31-32H,2,13-18,20-21H2,1H3,(H,41,46). The second-order valence-corrected chi connectivity index (χ2v) is 13.1. The van der Waals surface area contributed by atoms with E-state index in [0.29, 0.717) is 42.1 Å². The largest absolute Gasteiger partial charge is 0.493 e. The van der Waals surface area contributed by atoms with E-state index in [2.05, 4.69) is 10.2 Å². The Kier molecular flexibility index (Phi) is 10.2. The number of aliphatic imine (C=N–C) groups is 1. The smallest absolute Gasteiger partial charge is 0.416 e. The molecule has 3 aliphatic heterocycles. The van der Waals surface area contributed by atoms with Crippen LogP contribution in [0.25, 0.3) is 0 Å². The normalized spacial score (nSPS) is 20.9. The summed E-state index contributed by atoms with van der Waals surface area (Å²) in [4.78, 5) is 37.3. The summed E-state index contributed by atoms with van der Waals surface area (Å²) in [6.45, 7) is 5.34. The van der Waals surface area contributed by atoms with Crippen LogP contribution in [0.15, 0.2) is 71.7 Å². The minimum atomic E-state index is -4.59. The van der Waals surface area contributed by atoms with Crippen molar-refractivity contribution < 1.29 is 27.5 Å². The average Bonchev–Trinajstić information content (AvgIpc) is 3.45. The van der Waals surface area contributed by atoms with Gasteiger partial charge in [-0.25, -0.2) is 4.79 Å². The van der Waals surface area contributed by atoms with Crippen LogP contribution in [-0.2, 0) is 11.0 Å². The average molecular weight is 703 g/mol. The first-order valence-corrected chi connectivity index (χ1v) is 16.8. The highest BCUT2D eigenvalue weighted by molar-refractivity contribution is 6.30. The van der Waals surface area contributed by atoms with E-state index in [4.69, 9.17) is 32.9 Å². The molecule has 48 heavy (non-hydrogen) atoms. The molecule has 3 aliphatic rings. The molecule has 0 bridgehead atoms. The molecular formula is C35H36Cl2F3N5O3. The van der Waals surface area contributed by atoms with Gasteiger partial charge in [0.25, 0.3) is 0 Å². The Balaban J connectivity index is 1.38. The van der Waals surface area contributed by atoms with Gasteiger partial charge in [0, 0.05) is 42.8 Å². The predicted molar refractivity (Wildman–Crippen MR) is 179 cm³/mol. The molecule has 2 unspecified atom stereocenters. The van der Waals surface area contributed by atoms with Gasteiger partial charge in [0.2, 0.25) is 5.91 Å². The second-order valence-electron chi connectivity index (χ2n) is 12.3. The van der Waals surface area contributed by atoms with Crippen molar-refractivity contribution in [3.8, 4) is 5.75 Å². The Morgan fingerprint density at radius 1 is 0.958 bits per heavy atom. The van der Waals surface area contributed by atoms with E-state index in [1.807, 2.05) is 24.3 Å². The van der Waals surface area contributed by atoms with Crippen LogP contribution in [0.2, 0.25) is 10.0 Å².